The van der Waals surface area contributed by atoms with Gasteiger partial charge < -0.3 is 5.32 Å². The number of pyridine rings is 1. The average Bonchev–Trinajstić information content (AvgIpc) is 3.34. The molecule has 0 bridgehead atoms. The molecule has 0 unspecified atom stereocenters. The Labute approximate surface area is 190 Å². The van der Waals surface area contributed by atoms with Crippen molar-refractivity contribution in [2.24, 2.45) is 0 Å². The van der Waals surface area contributed by atoms with Crippen LogP contribution in [-0.4, -0.2) is 28.9 Å². The fourth-order valence-electron chi connectivity index (χ4n) is 4.24. The number of anilines is 1. The van der Waals surface area contributed by atoms with Gasteiger partial charge in [-0.3, -0.25) is 14.7 Å². The molecule has 1 aliphatic heterocycles. The highest BCUT2D eigenvalue weighted by Crippen LogP contribution is 2.26. The van der Waals surface area contributed by atoms with Crippen molar-refractivity contribution in [3.63, 3.8) is 0 Å². The SMILES string of the molecule is O=C(Nc1ccc2cc(CN3CCCC3)cnc2c1F)c1ccc(-c2ccc(F)cc2)cc1. The molecule has 1 amide bonds. The Bertz CT molecular complexity index is 1300. The Morgan fingerprint density at radius 1 is 0.909 bits per heavy atom. The zero-order valence-corrected chi connectivity index (χ0v) is 18.0. The van der Waals surface area contributed by atoms with E-state index in [-0.39, 0.29) is 17.0 Å². The molecule has 0 atom stereocenters. The van der Waals surface area contributed by atoms with Crippen LogP contribution in [0.1, 0.15) is 28.8 Å². The van der Waals surface area contributed by atoms with Crippen molar-refractivity contribution in [1.29, 1.82) is 0 Å². The lowest BCUT2D eigenvalue weighted by molar-refractivity contribution is 0.102. The van der Waals surface area contributed by atoms with Crippen molar-refractivity contribution in [2.75, 3.05) is 18.4 Å². The van der Waals surface area contributed by atoms with E-state index in [9.17, 15) is 9.18 Å². The molecule has 5 rings (SSSR count). The molecule has 1 N–H and O–H groups in total. The fraction of sp³-hybridized carbons (Fsp3) is 0.185. The Morgan fingerprint density at radius 3 is 2.27 bits per heavy atom. The molecule has 4 aromatic rings. The third-order valence-electron chi connectivity index (χ3n) is 6.03. The summed E-state index contributed by atoms with van der Waals surface area (Å²) in [5, 5.41) is 3.36. The maximum Gasteiger partial charge on any atom is 0.255 e. The molecule has 3 aromatic carbocycles. The van der Waals surface area contributed by atoms with E-state index in [4.69, 9.17) is 0 Å². The number of nitrogens with one attached hydrogen (secondary N) is 1. The predicted octanol–water partition coefficient (Wildman–Crippen LogP) is 6.03. The molecular formula is C27H23F2N3O. The molecule has 6 heteroatoms. The second-order valence-electron chi connectivity index (χ2n) is 8.36. The number of carbonyl (C=O) groups excluding carboxylic acids is 1. The van der Waals surface area contributed by atoms with Crippen molar-refractivity contribution in [2.45, 2.75) is 19.4 Å². The lowest BCUT2D eigenvalue weighted by Gasteiger charge is -2.15. The molecule has 1 aliphatic rings. The number of hydrogen-bond donors (Lipinski definition) is 1. The molecule has 0 aliphatic carbocycles. The summed E-state index contributed by atoms with van der Waals surface area (Å²) in [4.78, 5) is 19.4. The van der Waals surface area contributed by atoms with E-state index in [0.717, 1.165) is 36.3 Å². The van der Waals surface area contributed by atoms with Crippen LogP contribution < -0.4 is 5.32 Å². The molecule has 0 saturated carbocycles. The third kappa shape index (κ3) is 4.61. The first-order valence-electron chi connectivity index (χ1n) is 11.0. The molecule has 33 heavy (non-hydrogen) atoms. The summed E-state index contributed by atoms with van der Waals surface area (Å²) in [6, 6.07) is 18.3. The molecule has 1 fully saturated rings. The second-order valence-corrected chi connectivity index (χ2v) is 8.36. The first-order valence-corrected chi connectivity index (χ1v) is 11.0. The molecule has 4 nitrogen and oxygen atoms in total. The highest BCUT2D eigenvalue weighted by atomic mass is 19.1. The minimum Gasteiger partial charge on any atom is -0.319 e. The van der Waals surface area contributed by atoms with Gasteiger partial charge in [0.15, 0.2) is 5.82 Å². The summed E-state index contributed by atoms with van der Waals surface area (Å²) in [5.74, 6) is -1.26. The van der Waals surface area contributed by atoms with Gasteiger partial charge >= 0.3 is 0 Å². The molecule has 0 radical (unpaired) electrons. The molecular weight excluding hydrogens is 420 g/mol. The highest BCUT2D eigenvalue weighted by molar-refractivity contribution is 6.05. The first kappa shape index (κ1) is 21.2. The van der Waals surface area contributed by atoms with Gasteiger partial charge in [0.05, 0.1) is 5.69 Å². The van der Waals surface area contributed by atoms with E-state index in [1.807, 2.05) is 6.07 Å². The average molecular weight is 443 g/mol. The zero-order valence-electron chi connectivity index (χ0n) is 18.0. The fourth-order valence-corrected chi connectivity index (χ4v) is 4.24. The maximum atomic E-state index is 15.1. The van der Waals surface area contributed by atoms with E-state index in [1.54, 1.807) is 54.7 Å². The maximum absolute atomic E-state index is 15.1. The van der Waals surface area contributed by atoms with Gasteiger partial charge in [-0.1, -0.05) is 30.3 Å². The molecule has 166 valence electrons. The highest BCUT2D eigenvalue weighted by Gasteiger charge is 2.15. The quantitative estimate of drug-likeness (QED) is 0.410. The number of benzene rings is 3. The predicted molar refractivity (Wildman–Crippen MR) is 126 cm³/mol. The van der Waals surface area contributed by atoms with Gasteiger partial charge in [-0.15, -0.1) is 0 Å². The van der Waals surface area contributed by atoms with Gasteiger partial charge in [-0.25, -0.2) is 8.78 Å². The number of amides is 1. The normalized spacial score (nSPS) is 14.0. The third-order valence-corrected chi connectivity index (χ3v) is 6.03. The molecule has 2 heterocycles. The van der Waals surface area contributed by atoms with Crippen LogP contribution >= 0.6 is 0 Å². The van der Waals surface area contributed by atoms with Crippen LogP contribution in [0.2, 0.25) is 0 Å². The minimum absolute atomic E-state index is 0.0925. The van der Waals surface area contributed by atoms with E-state index in [0.29, 0.717) is 10.9 Å². The van der Waals surface area contributed by atoms with Crippen molar-refractivity contribution in [3.8, 4) is 11.1 Å². The second kappa shape index (κ2) is 9.08. The van der Waals surface area contributed by atoms with Gasteiger partial charge in [0.25, 0.3) is 5.91 Å². The van der Waals surface area contributed by atoms with Crippen molar-refractivity contribution >= 4 is 22.5 Å². The topological polar surface area (TPSA) is 45.2 Å². The van der Waals surface area contributed by atoms with Crippen molar-refractivity contribution < 1.29 is 13.6 Å². The van der Waals surface area contributed by atoms with Crippen molar-refractivity contribution in [1.82, 2.24) is 9.88 Å². The summed E-state index contributed by atoms with van der Waals surface area (Å²) in [6.45, 7) is 2.99. The molecule has 0 spiro atoms. The largest absolute Gasteiger partial charge is 0.319 e. The van der Waals surface area contributed by atoms with Gasteiger partial charge in [0, 0.05) is 23.7 Å². The smallest absolute Gasteiger partial charge is 0.255 e. The summed E-state index contributed by atoms with van der Waals surface area (Å²) in [6.07, 6.45) is 4.14. The Hall–Kier alpha value is -3.64. The Balaban J connectivity index is 1.32. The first-order chi connectivity index (χ1) is 16.1. The van der Waals surface area contributed by atoms with Gasteiger partial charge in [0.1, 0.15) is 11.3 Å². The zero-order chi connectivity index (χ0) is 22.8. The van der Waals surface area contributed by atoms with Gasteiger partial charge in [-0.05, 0) is 79.0 Å². The summed E-state index contributed by atoms with van der Waals surface area (Å²) in [5.41, 5.74) is 3.49. The van der Waals surface area contributed by atoms with Crippen molar-refractivity contribution in [3.05, 3.63) is 95.7 Å². The van der Waals surface area contributed by atoms with Crippen LogP contribution in [0, 0.1) is 11.6 Å². The number of fused-ring (bicyclic) bond motifs is 1. The summed E-state index contributed by atoms with van der Waals surface area (Å²) in [7, 11) is 0. The van der Waals surface area contributed by atoms with Crippen LogP contribution in [0.4, 0.5) is 14.5 Å². The molecule has 1 aromatic heterocycles. The Kier molecular flexibility index (Phi) is 5.84. The van der Waals surface area contributed by atoms with Crippen LogP contribution in [0.15, 0.2) is 72.9 Å². The van der Waals surface area contributed by atoms with E-state index in [1.165, 1.54) is 25.0 Å². The lowest BCUT2D eigenvalue weighted by Crippen LogP contribution is -2.18. The Morgan fingerprint density at radius 2 is 1.58 bits per heavy atom. The van der Waals surface area contributed by atoms with Crippen LogP contribution in [0.25, 0.3) is 22.0 Å². The number of carbonyl (C=O) groups is 1. The summed E-state index contributed by atoms with van der Waals surface area (Å²) < 4.78 is 28.2. The lowest BCUT2D eigenvalue weighted by atomic mass is 10.0. The van der Waals surface area contributed by atoms with Crippen LogP contribution in [0.3, 0.4) is 0 Å². The number of aromatic nitrogens is 1. The minimum atomic E-state index is -0.545. The van der Waals surface area contributed by atoms with Crippen LogP contribution in [0.5, 0.6) is 0 Å². The summed E-state index contributed by atoms with van der Waals surface area (Å²) >= 11 is 0. The monoisotopic (exact) mass is 443 g/mol. The van der Waals surface area contributed by atoms with E-state index >= 15 is 4.39 Å². The number of likely N-dealkylation sites (tertiary alicyclic amines) is 1. The number of rotatable bonds is 5. The van der Waals surface area contributed by atoms with Crippen LogP contribution in [-0.2, 0) is 6.54 Å². The number of hydrogen-bond acceptors (Lipinski definition) is 3. The molecule has 1 saturated heterocycles. The van der Waals surface area contributed by atoms with Gasteiger partial charge in [0.2, 0.25) is 0 Å². The number of halogens is 2. The van der Waals surface area contributed by atoms with E-state index in [2.05, 4.69) is 15.2 Å². The van der Waals surface area contributed by atoms with Gasteiger partial charge in [-0.2, -0.15) is 0 Å². The van der Waals surface area contributed by atoms with E-state index < -0.39 is 11.7 Å². The number of nitrogens with zero attached hydrogens (tertiary/aromatic N) is 2. The standard InChI is InChI=1S/C27H23F2N3O/c28-23-10-7-20(8-11-23)19-3-5-21(6-4-19)27(33)31-24-12-9-22-15-18(16-30-26(22)25(24)29)17-32-13-1-2-14-32/h3-12,15-16H,1-2,13-14,17H2,(H,31,33).